The molecule has 0 aliphatic carbocycles. The molecule has 1 N–H and O–H groups in total. The number of aromatic amines is 1. The average molecular weight is 267 g/mol. The van der Waals surface area contributed by atoms with Crippen molar-refractivity contribution in [3.63, 3.8) is 0 Å². The fourth-order valence-corrected chi connectivity index (χ4v) is 2.16. The zero-order valence-corrected chi connectivity index (χ0v) is 11.2. The van der Waals surface area contributed by atoms with Gasteiger partial charge >= 0.3 is 11.3 Å². The third kappa shape index (κ3) is 2.40. The third-order valence-electron chi connectivity index (χ3n) is 3.22. The standard InChI is InChI=1S/C16H14N2O2/c1-12-7-9-14(10-8-12)15-16(19)20-17-18(15)11-13-5-3-2-4-6-13/h2-10H,11H2,1H3/p+1. The first-order valence-electron chi connectivity index (χ1n) is 6.46. The SMILES string of the molecule is Cc1ccc(-c2c(=O)o[nH][n+]2Cc2ccccc2)cc1. The van der Waals surface area contributed by atoms with Gasteiger partial charge in [-0.3, -0.25) is 4.52 Å². The summed E-state index contributed by atoms with van der Waals surface area (Å²) in [5.74, 6) is 0. The number of aryl methyl sites for hydroxylation is 1. The molecule has 0 saturated heterocycles. The Morgan fingerprint density at radius 2 is 1.75 bits per heavy atom. The van der Waals surface area contributed by atoms with Gasteiger partial charge in [-0.15, -0.1) is 0 Å². The quantitative estimate of drug-likeness (QED) is 0.740. The van der Waals surface area contributed by atoms with Crippen LogP contribution in [0.15, 0.2) is 63.9 Å². The Kier molecular flexibility index (Phi) is 3.21. The molecule has 0 aliphatic rings. The lowest BCUT2D eigenvalue weighted by atomic mass is 10.1. The normalized spacial score (nSPS) is 10.7. The van der Waals surface area contributed by atoms with Crippen molar-refractivity contribution in [3.05, 3.63) is 76.1 Å². The highest BCUT2D eigenvalue weighted by Gasteiger charge is 2.22. The number of hydrogen-bond acceptors (Lipinski definition) is 2. The minimum atomic E-state index is -0.357. The maximum Gasteiger partial charge on any atom is 0.435 e. The van der Waals surface area contributed by atoms with Crippen molar-refractivity contribution in [1.29, 1.82) is 0 Å². The van der Waals surface area contributed by atoms with Gasteiger partial charge in [-0.05, 0) is 24.3 Å². The van der Waals surface area contributed by atoms with Crippen molar-refractivity contribution in [2.45, 2.75) is 13.5 Å². The van der Waals surface area contributed by atoms with Crippen LogP contribution in [0.25, 0.3) is 11.3 Å². The molecule has 0 saturated carbocycles. The summed E-state index contributed by atoms with van der Waals surface area (Å²) < 4.78 is 6.66. The zero-order chi connectivity index (χ0) is 13.9. The number of nitrogens with zero attached hydrogens (tertiary/aromatic N) is 1. The molecule has 0 unspecified atom stereocenters. The van der Waals surface area contributed by atoms with E-state index in [0.717, 1.165) is 16.7 Å². The van der Waals surface area contributed by atoms with Gasteiger partial charge in [0.2, 0.25) is 6.54 Å². The van der Waals surface area contributed by atoms with Crippen molar-refractivity contribution < 1.29 is 9.20 Å². The second-order valence-corrected chi connectivity index (χ2v) is 4.77. The number of benzene rings is 2. The predicted molar refractivity (Wildman–Crippen MR) is 75.2 cm³/mol. The summed E-state index contributed by atoms with van der Waals surface area (Å²) in [5.41, 5.74) is 3.28. The Morgan fingerprint density at radius 3 is 2.45 bits per heavy atom. The third-order valence-corrected chi connectivity index (χ3v) is 3.22. The molecule has 0 bridgehead atoms. The van der Waals surface area contributed by atoms with Gasteiger partial charge in [0, 0.05) is 5.56 Å². The van der Waals surface area contributed by atoms with E-state index >= 15 is 0 Å². The van der Waals surface area contributed by atoms with E-state index in [1.807, 2.05) is 61.5 Å². The molecule has 3 aromatic rings. The fraction of sp³-hybridized carbons (Fsp3) is 0.125. The van der Waals surface area contributed by atoms with E-state index in [2.05, 4.69) is 5.27 Å². The van der Waals surface area contributed by atoms with Gasteiger partial charge in [-0.2, -0.15) is 0 Å². The maximum atomic E-state index is 11.9. The van der Waals surface area contributed by atoms with Gasteiger partial charge in [-0.1, -0.05) is 52.7 Å². The Balaban J connectivity index is 2.02. The molecular weight excluding hydrogens is 252 g/mol. The molecule has 4 nitrogen and oxygen atoms in total. The van der Waals surface area contributed by atoms with Gasteiger partial charge in [0.25, 0.3) is 0 Å². The van der Waals surface area contributed by atoms with Crippen LogP contribution in [0.4, 0.5) is 0 Å². The van der Waals surface area contributed by atoms with E-state index in [-0.39, 0.29) is 5.63 Å². The second kappa shape index (κ2) is 5.17. The van der Waals surface area contributed by atoms with Crippen LogP contribution in [-0.2, 0) is 6.54 Å². The lowest BCUT2D eigenvalue weighted by molar-refractivity contribution is -0.745. The van der Waals surface area contributed by atoms with Crippen LogP contribution < -0.4 is 10.3 Å². The van der Waals surface area contributed by atoms with Gasteiger partial charge in [-0.25, -0.2) is 4.79 Å². The van der Waals surface area contributed by atoms with Crippen LogP contribution in [0.5, 0.6) is 0 Å². The summed E-state index contributed by atoms with van der Waals surface area (Å²) in [6.45, 7) is 2.58. The van der Waals surface area contributed by atoms with Crippen LogP contribution >= 0.6 is 0 Å². The van der Waals surface area contributed by atoms with E-state index in [0.29, 0.717) is 12.2 Å². The van der Waals surface area contributed by atoms with Gasteiger partial charge in [0.15, 0.2) is 0 Å². The topological polar surface area (TPSA) is 49.9 Å². The summed E-state index contributed by atoms with van der Waals surface area (Å²) in [6, 6.07) is 17.7. The molecule has 20 heavy (non-hydrogen) atoms. The summed E-state index contributed by atoms with van der Waals surface area (Å²) in [6.07, 6.45) is 0. The first-order chi connectivity index (χ1) is 9.74. The second-order valence-electron chi connectivity index (χ2n) is 4.77. The van der Waals surface area contributed by atoms with Gasteiger partial charge in [0.05, 0.1) is 5.56 Å². The zero-order valence-electron chi connectivity index (χ0n) is 11.2. The van der Waals surface area contributed by atoms with E-state index in [4.69, 9.17) is 4.52 Å². The largest absolute Gasteiger partial charge is 0.435 e. The maximum absolute atomic E-state index is 11.9. The van der Waals surface area contributed by atoms with E-state index in [9.17, 15) is 4.79 Å². The number of rotatable bonds is 3. The molecule has 3 rings (SSSR count). The number of hydrogen-bond donors (Lipinski definition) is 1. The predicted octanol–water partition coefficient (Wildman–Crippen LogP) is 2.28. The van der Waals surface area contributed by atoms with Gasteiger partial charge in [0.1, 0.15) is 0 Å². The fourth-order valence-electron chi connectivity index (χ4n) is 2.16. The molecule has 0 amide bonds. The van der Waals surface area contributed by atoms with Crippen molar-refractivity contribution in [2.75, 3.05) is 0 Å². The Morgan fingerprint density at radius 1 is 1.05 bits per heavy atom. The highest BCUT2D eigenvalue weighted by atomic mass is 16.5. The Bertz CT molecular complexity index is 755. The molecule has 100 valence electrons. The summed E-state index contributed by atoms with van der Waals surface area (Å²) in [4.78, 5) is 11.9. The molecule has 4 heteroatoms. The van der Waals surface area contributed by atoms with E-state index < -0.39 is 0 Å². The molecule has 0 radical (unpaired) electrons. The van der Waals surface area contributed by atoms with Crippen LogP contribution in [0.3, 0.4) is 0 Å². The van der Waals surface area contributed by atoms with Crippen LogP contribution in [0.1, 0.15) is 11.1 Å². The monoisotopic (exact) mass is 267 g/mol. The summed E-state index contributed by atoms with van der Waals surface area (Å²) in [7, 11) is 0. The first-order valence-corrected chi connectivity index (χ1v) is 6.46. The molecule has 0 spiro atoms. The molecule has 1 aromatic heterocycles. The molecular formula is C16H15N2O2+. The Hall–Kier alpha value is -2.62. The summed E-state index contributed by atoms with van der Waals surface area (Å²) in [5, 5.41) is 2.66. The van der Waals surface area contributed by atoms with Crippen molar-refractivity contribution >= 4 is 0 Å². The first kappa shape index (κ1) is 12.4. The molecule has 1 heterocycles. The van der Waals surface area contributed by atoms with Crippen molar-refractivity contribution in [3.8, 4) is 11.3 Å². The minimum Gasteiger partial charge on any atom is -0.283 e. The van der Waals surface area contributed by atoms with Crippen LogP contribution in [0.2, 0.25) is 0 Å². The van der Waals surface area contributed by atoms with Crippen molar-refractivity contribution in [2.24, 2.45) is 0 Å². The van der Waals surface area contributed by atoms with Crippen LogP contribution in [-0.4, -0.2) is 5.27 Å². The van der Waals surface area contributed by atoms with Crippen LogP contribution in [0, 0.1) is 6.92 Å². The van der Waals surface area contributed by atoms with E-state index in [1.54, 1.807) is 4.68 Å². The average Bonchev–Trinajstić information content (AvgIpc) is 2.82. The van der Waals surface area contributed by atoms with Gasteiger partial charge < -0.3 is 0 Å². The molecule has 0 aliphatic heterocycles. The van der Waals surface area contributed by atoms with Crippen molar-refractivity contribution in [1.82, 2.24) is 5.27 Å². The highest BCUT2D eigenvalue weighted by Crippen LogP contribution is 2.12. The highest BCUT2D eigenvalue weighted by molar-refractivity contribution is 5.54. The molecule has 0 fully saturated rings. The lowest BCUT2D eigenvalue weighted by Crippen LogP contribution is -2.39. The number of H-pyrrole nitrogens is 1. The lowest BCUT2D eigenvalue weighted by Gasteiger charge is -1.97. The number of aromatic nitrogens is 2. The van der Waals surface area contributed by atoms with E-state index in [1.165, 1.54) is 0 Å². The molecule has 2 aromatic carbocycles. The molecule has 0 atom stereocenters. The minimum absolute atomic E-state index is 0.357. The summed E-state index contributed by atoms with van der Waals surface area (Å²) >= 11 is 0. The smallest absolute Gasteiger partial charge is 0.283 e. The Labute approximate surface area is 116 Å². The number of nitrogens with one attached hydrogen (secondary N) is 1.